The highest BCUT2D eigenvalue weighted by Gasteiger charge is 2.15. The number of benzene rings is 1. The Morgan fingerprint density at radius 2 is 1.65 bits per heavy atom. The molecule has 0 saturated heterocycles. The van der Waals surface area contributed by atoms with Crippen LogP contribution >= 0.6 is 0 Å². The summed E-state index contributed by atoms with van der Waals surface area (Å²) in [6, 6.07) is 4.47. The van der Waals surface area contributed by atoms with E-state index in [0.717, 1.165) is 5.56 Å². The van der Waals surface area contributed by atoms with Crippen LogP contribution in [0.4, 0.5) is 0 Å². The average Bonchev–Trinajstić information content (AvgIpc) is 2.23. The van der Waals surface area contributed by atoms with E-state index in [-0.39, 0.29) is 23.6 Å². The Kier molecular flexibility index (Phi) is 4.42. The second-order valence-corrected chi connectivity index (χ2v) is 4.56. The van der Waals surface area contributed by atoms with Crippen molar-refractivity contribution in [2.45, 2.75) is 32.9 Å². The zero-order valence-corrected chi connectivity index (χ0v) is 10.4. The zero-order chi connectivity index (χ0) is 13.0. The summed E-state index contributed by atoms with van der Waals surface area (Å²) in [4.78, 5) is 0. The third-order valence-electron chi connectivity index (χ3n) is 2.70. The molecule has 0 fully saturated rings. The molecule has 3 heteroatoms. The van der Waals surface area contributed by atoms with Crippen LogP contribution in [0, 0.1) is 18.3 Å². The van der Waals surface area contributed by atoms with Crippen LogP contribution in [0.2, 0.25) is 0 Å². The van der Waals surface area contributed by atoms with Crippen molar-refractivity contribution in [2.75, 3.05) is 0 Å². The van der Waals surface area contributed by atoms with Gasteiger partial charge in [-0.2, -0.15) is 0 Å². The summed E-state index contributed by atoms with van der Waals surface area (Å²) in [5, 5.41) is 22.1. The first-order valence-electron chi connectivity index (χ1n) is 5.69. The maximum Gasteiger partial charge on any atom is 0.119 e. The SMILES string of the molecule is C#CC(NC(C)c1cc(O)cc(O)c1)C(C)C. The van der Waals surface area contributed by atoms with Gasteiger partial charge in [0.05, 0.1) is 6.04 Å². The van der Waals surface area contributed by atoms with Crippen molar-refractivity contribution >= 4 is 0 Å². The first-order chi connectivity index (χ1) is 7.93. The van der Waals surface area contributed by atoms with Crippen LogP contribution in [0.15, 0.2) is 18.2 Å². The monoisotopic (exact) mass is 233 g/mol. The van der Waals surface area contributed by atoms with Crippen LogP contribution in [0.25, 0.3) is 0 Å². The van der Waals surface area contributed by atoms with Gasteiger partial charge >= 0.3 is 0 Å². The van der Waals surface area contributed by atoms with Crippen molar-refractivity contribution in [1.29, 1.82) is 0 Å². The normalized spacial score (nSPS) is 14.3. The molecule has 0 radical (unpaired) electrons. The fraction of sp³-hybridized carbons (Fsp3) is 0.429. The van der Waals surface area contributed by atoms with Gasteiger partial charge in [0.15, 0.2) is 0 Å². The van der Waals surface area contributed by atoms with Gasteiger partial charge in [0.2, 0.25) is 0 Å². The first-order valence-corrected chi connectivity index (χ1v) is 5.69. The van der Waals surface area contributed by atoms with Gasteiger partial charge in [-0.1, -0.05) is 19.8 Å². The molecule has 0 aliphatic heterocycles. The van der Waals surface area contributed by atoms with E-state index in [0.29, 0.717) is 5.92 Å². The number of aromatic hydroxyl groups is 2. The Labute approximate surface area is 102 Å². The molecule has 0 heterocycles. The Morgan fingerprint density at radius 3 is 2.06 bits per heavy atom. The van der Waals surface area contributed by atoms with E-state index in [1.807, 2.05) is 20.8 Å². The maximum atomic E-state index is 9.42. The Bertz CT molecular complexity index is 400. The molecule has 0 amide bonds. The maximum absolute atomic E-state index is 9.42. The van der Waals surface area contributed by atoms with Crippen LogP contribution in [-0.2, 0) is 0 Å². The summed E-state index contributed by atoms with van der Waals surface area (Å²) in [6.07, 6.45) is 5.45. The minimum atomic E-state index is -0.0329. The van der Waals surface area contributed by atoms with Crippen molar-refractivity contribution in [3.8, 4) is 23.8 Å². The molecule has 1 aromatic rings. The summed E-state index contributed by atoms with van der Waals surface area (Å²) in [5.41, 5.74) is 0.809. The highest BCUT2D eigenvalue weighted by molar-refractivity contribution is 5.38. The first kappa shape index (κ1) is 13.4. The van der Waals surface area contributed by atoms with Crippen molar-refractivity contribution in [2.24, 2.45) is 5.92 Å². The Hall–Kier alpha value is -1.66. The van der Waals surface area contributed by atoms with Gasteiger partial charge in [-0.15, -0.1) is 6.42 Å². The van der Waals surface area contributed by atoms with E-state index in [2.05, 4.69) is 11.2 Å². The molecule has 0 bridgehead atoms. The molecule has 0 aliphatic carbocycles. The molecule has 2 atom stereocenters. The van der Waals surface area contributed by atoms with Crippen molar-refractivity contribution < 1.29 is 10.2 Å². The highest BCUT2D eigenvalue weighted by atomic mass is 16.3. The third kappa shape index (κ3) is 3.69. The van der Waals surface area contributed by atoms with E-state index in [4.69, 9.17) is 6.42 Å². The molecule has 0 spiro atoms. The lowest BCUT2D eigenvalue weighted by Gasteiger charge is -2.22. The Morgan fingerprint density at radius 1 is 1.12 bits per heavy atom. The van der Waals surface area contributed by atoms with Gasteiger partial charge in [-0.3, -0.25) is 5.32 Å². The van der Waals surface area contributed by atoms with Gasteiger partial charge in [-0.05, 0) is 30.5 Å². The van der Waals surface area contributed by atoms with Crippen molar-refractivity contribution in [3.63, 3.8) is 0 Å². The topological polar surface area (TPSA) is 52.5 Å². The second-order valence-electron chi connectivity index (χ2n) is 4.56. The summed E-state index contributed by atoms with van der Waals surface area (Å²) < 4.78 is 0. The molecule has 2 unspecified atom stereocenters. The molecule has 92 valence electrons. The number of rotatable bonds is 4. The molecule has 0 aliphatic rings. The summed E-state index contributed by atoms with van der Waals surface area (Å²) in [6.45, 7) is 6.04. The van der Waals surface area contributed by atoms with Crippen molar-refractivity contribution in [3.05, 3.63) is 23.8 Å². The van der Waals surface area contributed by atoms with Crippen LogP contribution in [0.1, 0.15) is 32.4 Å². The molecule has 3 nitrogen and oxygen atoms in total. The number of hydrogen-bond donors (Lipinski definition) is 3. The number of phenolic OH excluding ortho intramolecular Hbond substituents is 2. The molecular weight excluding hydrogens is 214 g/mol. The van der Waals surface area contributed by atoms with Gasteiger partial charge < -0.3 is 10.2 Å². The van der Waals surface area contributed by atoms with Gasteiger partial charge in [0.25, 0.3) is 0 Å². The van der Waals surface area contributed by atoms with Crippen LogP contribution in [0.3, 0.4) is 0 Å². The van der Waals surface area contributed by atoms with E-state index in [1.54, 1.807) is 12.1 Å². The minimum absolute atomic E-state index is 0.0311. The zero-order valence-electron chi connectivity index (χ0n) is 10.4. The van der Waals surface area contributed by atoms with E-state index in [9.17, 15) is 10.2 Å². The number of terminal acetylenes is 1. The number of phenols is 2. The molecule has 0 aromatic heterocycles. The molecule has 1 aromatic carbocycles. The van der Waals surface area contributed by atoms with Crippen LogP contribution in [0.5, 0.6) is 11.5 Å². The highest BCUT2D eigenvalue weighted by Crippen LogP contribution is 2.25. The molecule has 17 heavy (non-hydrogen) atoms. The molecule has 1 rings (SSSR count). The third-order valence-corrected chi connectivity index (χ3v) is 2.70. The Balaban J connectivity index is 2.82. The predicted molar refractivity (Wildman–Crippen MR) is 68.8 cm³/mol. The van der Waals surface area contributed by atoms with Crippen molar-refractivity contribution in [1.82, 2.24) is 5.32 Å². The average molecular weight is 233 g/mol. The lowest BCUT2D eigenvalue weighted by Crippen LogP contribution is -2.34. The second kappa shape index (κ2) is 5.60. The van der Waals surface area contributed by atoms with Gasteiger partial charge in [0, 0.05) is 12.1 Å². The van der Waals surface area contributed by atoms with E-state index < -0.39 is 0 Å². The summed E-state index contributed by atoms with van der Waals surface area (Å²) in [5.74, 6) is 3.13. The number of hydrogen-bond acceptors (Lipinski definition) is 3. The largest absolute Gasteiger partial charge is 0.508 e. The van der Waals surface area contributed by atoms with E-state index >= 15 is 0 Å². The number of nitrogens with one attached hydrogen (secondary N) is 1. The van der Waals surface area contributed by atoms with Gasteiger partial charge in [0.1, 0.15) is 11.5 Å². The predicted octanol–water partition coefficient (Wildman–Crippen LogP) is 2.41. The fourth-order valence-corrected chi connectivity index (χ4v) is 1.67. The quantitative estimate of drug-likeness (QED) is 0.700. The lowest BCUT2D eigenvalue weighted by atomic mass is 10.0. The van der Waals surface area contributed by atoms with Crippen LogP contribution < -0.4 is 5.32 Å². The smallest absolute Gasteiger partial charge is 0.119 e. The van der Waals surface area contributed by atoms with Crippen LogP contribution in [-0.4, -0.2) is 16.3 Å². The lowest BCUT2D eigenvalue weighted by molar-refractivity contribution is 0.422. The molecule has 0 saturated carbocycles. The molecular formula is C14H19NO2. The summed E-state index contributed by atoms with van der Waals surface area (Å²) in [7, 11) is 0. The molecule has 3 N–H and O–H groups in total. The fourth-order valence-electron chi connectivity index (χ4n) is 1.67. The minimum Gasteiger partial charge on any atom is -0.508 e. The van der Waals surface area contributed by atoms with E-state index in [1.165, 1.54) is 6.07 Å². The van der Waals surface area contributed by atoms with Gasteiger partial charge in [-0.25, -0.2) is 0 Å². The standard InChI is InChI=1S/C14H19NO2/c1-5-14(9(2)3)15-10(4)11-6-12(16)8-13(17)7-11/h1,6-10,14-17H,2-4H3. The summed E-state index contributed by atoms with van der Waals surface area (Å²) >= 11 is 0.